The highest BCUT2D eigenvalue weighted by molar-refractivity contribution is 5.42. The van der Waals surface area contributed by atoms with Crippen molar-refractivity contribution < 1.29 is 5.11 Å². The Labute approximate surface area is 103 Å². The molecule has 1 saturated heterocycles. The maximum absolute atomic E-state index is 9.62. The lowest BCUT2D eigenvalue weighted by Crippen LogP contribution is -2.37. The molecular weight excluding hydrogens is 214 g/mol. The second-order valence-corrected chi connectivity index (χ2v) is 4.60. The zero-order valence-electron chi connectivity index (χ0n) is 10.4. The average molecular weight is 235 g/mol. The van der Waals surface area contributed by atoms with Gasteiger partial charge in [0.25, 0.3) is 0 Å². The van der Waals surface area contributed by atoms with Gasteiger partial charge in [-0.1, -0.05) is 0 Å². The minimum atomic E-state index is -0.166. The minimum Gasteiger partial charge on any atom is -0.392 e. The number of nitrogens with one attached hydrogen (secondary N) is 1. The van der Waals surface area contributed by atoms with Crippen molar-refractivity contribution >= 4 is 5.69 Å². The van der Waals surface area contributed by atoms with E-state index >= 15 is 0 Å². The standard InChI is InChI=1S/C13H21N3O/c1-2-14-11-5-6-15-12(8-11)9-16-7-3-4-13(17)10-16/h5-6,8,13,17H,2-4,7,9-10H2,1H3,(H,14,15). The van der Waals surface area contributed by atoms with Crippen molar-refractivity contribution in [2.45, 2.75) is 32.4 Å². The van der Waals surface area contributed by atoms with Gasteiger partial charge in [0, 0.05) is 31.5 Å². The van der Waals surface area contributed by atoms with Gasteiger partial charge in [-0.25, -0.2) is 0 Å². The first kappa shape index (κ1) is 12.3. The first-order valence-corrected chi connectivity index (χ1v) is 6.37. The summed E-state index contributed by atoms with van der Waals surface area (Å²) in [7, 11) is 0. The van der Waals surface area contributed by atoms with Crippen LogP contribution in [-0.2, 0) is 6.54 Å². The number of β-amino-alcohol motifs (C(OH)–C–C–N with tert-alkyl or cyclic N) is 1. The Kier molecular flexibility index (Phi) is 4.34. The smallest absolute Gasteiger partial charge is 0.0667 e. The van der Waals surface area contributed by atoms with Crippen LogP contribution in [0.5, 0.6) is 0 Å². The second kappa shape index (κ2) is 5.98. The summed E-state index contributed by atoms with van der Waals surface area (Å²) in [5.74, 6) is 0. The van der Waals surface area contributed by atoms with Crippen molar-refractivity contribution in [2.75, 3.05) is 25.0 Å². The largest absolute Gasteiger partial charge is 0.392 e. The fourth-order valence-corrected chi connectivity index (χ4v) is 2.28. The molecule has 1 aliphatic rings. The number of hydrogen-bond donors (Lipinski definition) is 2. The van der Waals surface area contributed by atoms with Crippen molar-refractivity contribution in [3.8, 4) is 0 Å². The van der Waals surface area contributed by atoms with Crippen molar-refractivity contribution in [1.82, 2.24) is 9.88 Å². The van der Waals surface area contributed by atoms with E-state index in [-0.39, 0.29) is 6.10 Å². The molecule has 2 heterocycles. The summed E-state index contributed by atoms with van der Waals surface area (Å²) in [5, 5.41) is 12.9. The van der Waals surface area contributed by atoms with Crippen molar-refractivity contribution in [1.29, 1.82) is 0 Å². The van der Waals surface area contributed by atoms with Crippen LogP contribution in [0.4, 0.5) is 5.69 Å². The lowest BCUT2D eigenvalue weighted by Gasteiger charge is -2.29. The van der Waals surface area contributed by atoms with Gasteiger partial charge in [-0.2, -0.15) is 0 Å². The molecule has 4 heteroatoms. The highest BCUT2D eigenvalue weighted by Crippen LogP contribution is 2.14. The fourth-order valence-electron chi connectivity index (χ4n) is 2.28. The Morgan fingerprint density at radius 1 is 1.59 bits per heavy atom. The Bertz CT molecular complexity index is 356. The van der Waals surface area contributed by atoms with E-state index in [0.29, 0.717) is 0 Å². The van der Waals surface area contributed by atoms with Gasteiger partial charge in [0.1, 0.15) is 0 Å². The van der Waals surface area contributed by atoms with E-state index in [0.717, 1.165) is 50.4 Å². The van der Waals surface area contributed by atoms with E-state index in [2.05, 4.69) is 28.2 Å². The monoisotopic (exact) mass is 235 g/mol. The van der Waals surface area contributed by atoms with Crippen LogP contribution in [0.3, 0.4) is 0 Å². The van der Waals surface area contributed by atoms with Gasteiger partial charge in [0.2, 0.25) is 0 Å². The Balaban J connectivity index is 1.95. The minimum absolute atomic E-state index is 0.166. The summed E-state index contributed by atoms with van der Waals surface area (Å²) >= 11 is 0. The molecule has 2 rings (SSSR count). The molecule has 17 heavy (non-hydrogen) atoms. The zero-order valence-corrected chi connectivity index (χ0v) is 10.4. The van der Waals surface area contributed by atoms with Crippen molar-refractivity contribution in [3.05, 3.63) is 24.0 Å². The predicted molar refractivity (Wildman–Crippen MR) is 68.9 cm³/mol. The number of likely N-dealkylation sites (tertiary alicyclic amines) is 1. The summed E-state index contributed by atoms with van der Waals surface area (Å²) in [6.07, 6.45) is 3.68. The molecule has 1 aliphatic heterocycles. The summed E-state index contributed by atoms with van der Waals surface area (Å²) < 4.78 is 0. The molecule has 0 aromatic carbocycles. The normalized spacial score (nSPS) is 21.4. The number of aliphatic hydroxyl groups is 1. The number of piperidine rings is 1. The second-order valence-electron chi connectivity index (χ2n) is 4.60. The zero-order chi connectivity index (χ0) is 12.1. The molecule has 1 aromatic heterocycles. The van der Waals surface area contributed by atoms with E-state index in [1.165, 1.54) is 0 Å². The summed E-state index contributed by atoms with van der Waals surface area (Å²) in [4.78, 5) is 6.65. The molecule has 0 radical (unpaired) electrons. The van der Waals surface area contributed by atoms with E-state index < -0.39 is 0 Å². The topological polar surface area (TPSA) is 48.4 Å². The first-order valence-electron chi connectivity index (χ1n) is 6.37. The van der Waals surface area contributed by atoms with Gasteiger partial charge in [-0.15, -0.1) is 0 Å². The maximum atomic E-state index is 9.62. The van der Waals surface area contributed by atoms with Gasteiger partial charge in [-0.3, -0.25) is 9.88 Å². The van der Waals surface area contributed by atoms with Crippen LogP contribution in [0.15, 0.2) is 18.3 Å². The van der Waals surface area contributed by atoms with Crippen LogP contribution in [0, 0.1) is 0 Å². The molecule has 0 amide bonds. The van der Waals surface area contributed by atoms with Crippen LogP contribution >= 0.6 is 0 Å². The molecule has 94 valence electrons. The lowest BCUT2D eigenvalue weighted by molar-refractivity contribution is 0.0662. The molecule has 1 atom stereocenters. The van der Waals surface area contributed by atoms with Crippen LogP contribution in [0.25, 0.3) is 0 Å². The predicted octanol–water partition coefficient (Wildman–Crippen LogP) is 1.47. The number of rotatable bonds is 4. The average Bonchev–Trinajstić information content (AvgIpc) is 2.30. The molecule has 0 spiro atoms. The molecule has 0 bridgehead atoms. The molecule has 1 fully saturated rings. The summed E-state index contributed by atoms with van der Waals surface area (Å²) in [6, 6.07) is 4.07. The van der Waals surface area contributed by atoms with Crippen LogP contribution in [-0.4, -0.2) is 40.7 Å². The third-order valence-electron chi connectivity index (χ3n) is 3.06. The van der Waals surface area contributed by atoms with Gasteiger partial charge in [0.15, 0.2) is 0 Å². The van der Waals surface area contributed by atoms with E-state index in [4.69, 9.17) is 0 Å². The van der Waals surface area contributed by atoms with E-state index in [1.807, 2.05) is 12.3 Å². The number of hydrogen-bond acceptors (Lipinski definition) is 4. The summed E-state index contributed by atoms with van der Waals surface area (Å²) in [6.45, 7) is 5.67. The Morgan fingerprint density at radius 3 is 3.24 bits per heavy atom. The van der Waals surface area contributed by atoms with Crippen molar-refractivity contribution in [3.63, 3.8) is 0 Å². The highest BCUT2D eigenvalue weighted by atomic mass is 16.3. The number of nitrogens with zero attached hydrogens (tertiary/aromatic N) is 2. The van der Waals surface area contributed by atoms with Crippen LogP contribution in [0.2, 0.25) is 0 Å². The molecular formula is C13H21N3O. The van der Waals surface area contributed by atoms with E-state index in [9.17, 15) is 5.11 Å². The van der Waals surface area contributed by atoms with Crippen LogP contribution in [0.1, 0.15) is 25.5 Å². The van der Waals surface area contributed by atoms with E-state index in [1.54, 1.807) is 0 Å². The SMILES string of the molecule is CCNc1ccnc(CN2CCCC(O)C2)c1. The van der Waals surface area contributed by atoms with Crippen molar-refractivity contribution in [2.24, 2.45) is 0 Å². The number of aromatic nitrogens is 1. The molecule has 2 N–H and O–H groups in total. The Hall–Kier alpha value is -1.13. The summed E-state index contributed by atoms with van der Waals surface area (Å²) in [5.41, 5.74) is 2.19. The van der Waals surface area contributed by atoms with Gasteiger partial charge in [0.05, 0.1) is 11.8 Å². The number of aliphatic hydroxyl groups excluding tert-OH is 1. The molecule has 4 nitrogen and oxygen atoms in total. The lowest BCUT2D eigenvalue weighted by atomic mass is 10.1. The highest BCUT2D eigenvalue weighted by Gasteiger charge is 2.17. The molecule has 0 saturated carbocycles. The van der Waals surface area contributed by atoms with Crippen LogP contribution < -0.4 is 5.32 Å². The quantitative estimate of drug-likeness (QED) is 0.829. The van der Waals surface area contributed by atoms with Gasteiger partial charge in [-0.05, 0) is 38.4 Å². The first-order chi connectivity index (χ1) is 8.28. The fraction of sp³-hybridized carbons (Fsp3) is 0.615. The van der Waals surface area contributed by atoms with Gasteiger partial charge >= 0.3 is 0 Å². The third-order valence-corrected chi connectivity index (χ3v) is 3.06. The third kappa shape index (κ3) is 3.68. The number of pyridine rings is 1. The number of anilines is 1. The van der Waals surface area contributed by atoms with Gasteiger partial charge < -0.3 is 10.4 Å². The Morgan fingerprint density at radius 2 is 2.47 bits per heavy atom. The molecule has 1 unspecified atom stereocenters. The molecule has 0 aliphatic carbocycles. The maximum Gasteiger partial charge on any atom is 0.0667 e. The molecule has 1 aromatic rings.